The molecule has 0 aliphatic carbocycles. The second-order valence-corrected chi connectivity index (χ2v) is 6.89. The second kappa shape index (κ2) is 8.46. The molecule has 0 bridgehead atoms. The van der Waals surface area contributed by atoms with Crippen LogP contribution in [0.3, 0.4) is 0 Å². The number of nitrogens with one attached hydrogen (secondary N) is 1. The van der Waals surface area contributed by atoms with Crippen molar-refractivity contribution in [2.24, 2.45) is 0 Å². The third kappa shape index (κ3) is 5.53. The van der Waals surface area contributed by atoms with Crippen molar-refractivity contribution in [3.63, 3.8) is 0 Å². The highest BCUT2D eigenvalue weighted by molar-refractivity contribution is 5.78. The van der Waals surface area contributed by atoms with Gasteiger partial charge in [0.2, 0.25) is 5.91 Å². The summed E-state index contributed by atoms with van der Waals surface area (Å²) in [6.07, 6.45) is -12.5. The molecule has 1 heterocycles. The fourth-order valence-electron chi connectivity index (χ4n) is 3.06. The molecule has 1 fully saturated rings. The molecule has 1 saturated heterocycles. The Labute approximate surface area is 171 Å². The number of hydrogen-bond acceptors (Lipinski definition) is 3. The van der Waals surface area contributed by atoms with Gasteiger partial charge in [0.1, 0.15) is 18.5 Å². The Bertz CT molecular complexity index is 909. The molecule has 0 aromatic heterocycles. The van der Waals surface area contributed by atoms with Crippen LogP contribution in [0, 0.1) is 5.82 Å². The highest BCUT2D eigenvalue weighted by atomic mass is 19.4. The molecule has 1 aliphatic heterocycles. The zero-order chi connectivity index (χ0) is 23.0. The lowest BCUT2D eigenvalue weighted by atomic mass is 10.0. The van der Waals surface area contributed by atoms with E-state index in [0.29, 0.717) is 17.7 Å². The summed E-state index contributed by atoms with van der Waals surface area (Å²) in [4.78, 5) is 11.7. The van der Waals surface area contributed by atoms with Gasteiger partial charge < -0.3 is 14.8 Å². The number of carbonyl (C=O) groups excluding carboxylic acids is 1. The van der Waals surface area contributed by atoms with E-state index < -0.39 is 60.2 Å². The molecule has 4 nitrogen and oxygen atoms in total. The Morgan fingerprint density at radius 2 is 1.55 bits per heavy atom. The van der Waals surface area contributed by atoms with Crippen LogP contribution >= 0.6 is 0 Å². The van der Waals surface area contributed by atoms with Crippen LogP contribution < -0.4 is 5.32 Å². The zero-order valence-electron chi connectivity index (χ0n) is 15.9. The summed E-state index contributed by atoms with van der Waals surface area (Å²) in [6, 6.07) is 5.15. The van der Waals surface area contributed by atoms with Crippen molar-refractivity contribution in [2.75, 3.05) is 6.61 Å². The van der Waals surface area contributed by atoms with Crippen LogP contribution in [0.2, 0.25) is 0 Å². The van der Waals surface area contributed by atoms with E-state index in [9.17, 15) is 35.5 Å². The van der Waals surface area contributed by atoms with E-state index >= 15 is 0 Å². The third-order valence-corrected chi connectivity index (χ3v) is 4.61. The van der Waals surface area contributed by atoms with E-state index in [-0.39, 0.29) is 11.6 Å². The summed E-state index contributed by atoms with van der Waals surface area (Å²) >= 11 is 0. The molecule has 0 unspecified atom stereocenters. The highest BCUT2D eigenvalue weighted by Gasteiger charge is 2.38. The number of alkyl halides is 6. The molecule has 11 heteroatoms. The van der Waals surface area contributed by atoms with Gasteiger partial charge in [0.15, 0.2) is 6.29 Å². The molecule has 1 amide bonds. The molecule has 3 atom stereocenters. The summed E-state index contributed by atoms with van der Waals surface area (Å²) in [5, 5.41) is 2.56. The normalized spacial score (nSPS) is 21.0. The molecule has 3 rings (SSSR count). The van der Waals surface area contributed by atoms with Crippen molar-refractivity contribution in [1.29, 1.82) is 0 Å². The summed E-state index contributed by atoms with van der Waals surface area (Å²) in [6.45, 7) is 0.836. The van der Waals surface area contributed by atoms with Crippen LogP contribution in [0.5, 0.6) is 0 Å². The van der Waals surface area contributed by atoms with E-state index in [1.807, 2.05) is 0 Å². The number of hydrogen-bond donors (Lipinski definition) is 1. The lowest BCUT2D eigenvalue weighted by molar-refractivity contribution is -0.204. The first-order chi connectivity index (χ1) is 14.3. The highest BCUT2D eigenvalue weighted by Crippen LogP contribution is 2.38. The Morgan fingerprint density at radius 3 is 2.06 bits per heavy atom. The number of halogens is 7. The first-order valence-corrected chi connectivity index (χ1v) is 8.96. The molecule has 0 radical (unpaired) electrons. The number of rotatable bonds is 4. The zero-order valence-corrected chi connectivity index (χ0v) is 15.9. The van der Waals surface area contributed by atoms with Gasteiger partial charge in [0.05, 0.1) is 17.2 Å². The van der Waals surface area contributed by atoms with Gasteiger partial charge in [-0.05, 0) is 48.4 Å². The van der Waals surface area contributed by atoms with Gasteiger partial charge in [-0.2, -0.15) is 26.3 Å². The number of ether oxygens (including phenoxy) is 2. The quantitative estimate of drug-likeness (QED) is 0.654. The Morgan fingerprint density at radius 1 is 1.00 bits per heavy atom. The maximum Gasteiger partial charge on any atom is 0.416 e. The van der Waals surface area contributed by atoms with Crippen molar-refractivity contribution >= 4 is 5.91 Å². The van der Waals surface area contributed by atoms with Crippen molar-refractivity contribution < 1.29 is 45.0 Å². The Kier molecular flexibility index (Phi) is 6.28. The number of benzene rings is 2. The molecule has 168 valence electrons. The maximum atomic E-state index is 13.2. The minimum absolute atomic E-state index is 0.0227. The van der Waals surface area contributed by atoms with Crippen LogP contribution in [0.15, 0.2) is 42.5 Å². The third-order valence-electron chi connectivity index (χ3n) is 4.61. The standard InChI is InChI=1S/C20H16F7NO3/c1-10(12-6-13(19(22,23)24)8-14(7-12)20(25,26)27)31-18-17(28-16(29)9-30-18)11-2-4-15(21)5-3-11/h2-8,10,17-18H,9H2,1H3,(H,28,29)/t10-,17+,18-/m1/s1. The lowest BCUT2D eigenvalue weighted by Gasteiger charge is -2.34. The second-order valence-electron chi connectivity index (χ2n) is 6.89. The van der Waals surface area contributed by atoms with Crippen LogP contribution in [0.1, 0.15) is 41.3 Å². The van der Waals surface area contributed by atoms with Crippen LogP contribution in [0.25, 0.3) is 0 Å². The topological polar surface area (TPSA) is 47.6 Å². The van der Waals surface area contributed by atoms with Gasteiger partial charge in [0.25, 0.3) is 0 Å². The van der Waals surface area contributed by atoms with E-state index in [1.165, 1.54) is 19.1 Å². The number of amides is 1. The van der Waals surface area contributed by atoms with E-state index in [4.69, 9.17) is 9.47 Å². The minimum atomic E-state index is -5.00. The lowest BCUT2D eigenvalue weighted by Crippen LogP contribution is -2.47. The van der Waals surface area contributed by atoms with Crippen LogP contribution in [-0.4, -0.2) is 18.8 Å². The maximum absolute atomic E-state index is 13.2. The Hall–Kier alpha value is -2.66. The number of morpholine rings is 1. The van der Waals surface area contributed by atoms with Gasteiger partial charge in [-0.3, -0.25) is 4.79 Å². The molecular formula is C20H16F7NO3. The van der Waals surface area contributed by atoms with Gasteiger partial charge in [-0.25, -0.2) is 4.39 Å². The van der Waals surface area contributed by atoms with E-state index in [1.54, 1.807) is 0 Å². The van der Waals surface area contributed by atoms with Gasteiger partial charge in [0, 0.05) is 0 Å². The van der Waals surface area contributed by atoms with Crippen molar-refractivity contribution in [3.05, 3.63) is 70.5 Å². The summed E-state index contributed by atoms with van der Waals surface area (Å²) in [5.41, 5.74) is -2.94. The molecule has 1 aliphatic rings. The van der Waals surface area contributed by atoms with Crippen molar-refractivity contribution in [2.45, 2.75) is 37.7 Å². The molecular weight excluding hydrogens is 435 g/mol. The predicted molar refractivity (Wildman–Crippen MR) is 93.0 cm³/mol. The number of carbonyl (C=O) groups is 1. The summed E-state index contributed by atoms with van der Waals surface area (Å²) in [5.74, 6) is -1.05. The fourth-order valence-corrected chi connectivity index (χ4v) is 3.06. The monoisotopic (exact) mass is 451 g/mol. The molecule has 31 heavy (non-hydrogen) atoms. The van der Waals surface area contributed by atoms with Crippen molar-refractivity contribution in [1.82, 2.24) is 5.32 Å². The van der Waals surface area contributed by atoms with Gasteiger partial charge >= 0.3 is 12.4 Å². The predicted octanol–water partition coefficient (Wildman–Crippen LogP) is 5.15. The largest absolute Gasteiger partial charge is 0.416 e. The average Bonchev–Trinajstić information content (AvgIpc) is 2.68. The van der Waals surface area contributed by atoms with Gasteiger partial charge in [-0.15, -0.1) is 0 Å². The fraction of sp³-hybridized carbons (Fsp3) is 0.350. The molecule has 0 saturated carbocycles. The molecule has 0 spiro atoms. The SMILES string of the molecule is C[C@@H](O[C@H]1OCC(=O)N[C@H]1c1ccc(F)cc1)c1cc(C(F)(F)F)cc(C(F)(F)F)c1. The minimum Gasteiger partial charge on any atom is -0.342 e. The first-order valence-electron chi connectivity index (χ1n) is 8.96. The van der Waals surface area contributed by atoms with Crippen LogP contribution in [-0.2, 0) is 26.6 Å². The van der Waals surface area contributed by atoms with E-state index in [0.717, 1.165) is 12.1 Å². The average molecular weight is 451 g/mol. The van der Waals surface area contributed by atoms with Crippen molar-refractivity contribution in [3.8, 4) is 0 Å². The Balaban J connectivity index is 1.90. The molecule has 2 aromatic carbocycles. The van der Waals surface area contributed by atoms with Crippen LogP contribution in [0.4, 0.5) is 30.7 Å². The molecule has 1 N–H and O–H groups in total. The summed E-state index contributed by atoms with van der Waals surface area (Å²) in [7, 11) is 0. The van der Waals surface area contributed by atoms with E-state index in [2.05, 4.69) is 5.32 Å². The molecule has 2 aromatic rings. The smallest absolute Gasteiger partial charge is 0.342 e. The summed E-state index contributed by atoms with van der Waals surface area (Å²) < 4.78 is 103. The first kappa shape index (κ1) is 23.0. The van der Waals surface area contributed by atoms with Gasteiger partial charge in [-0.1, -0.05) is 12.1 Å².